The average Bonchev–Trinajstić information content (AvgIpc) is 2.78. The number of aromatic nitrogens is 3. The van der Waals surface area contributed by atoms with Crippen LogP contribution in [0, 0.1) is 6.92 Å². The first-order valence-electron chi connectivity index (χ1n) is 5.79. The smallest absolute Gasteiger partial charge is 0.184 e. The molecule has 0 aliphatic heterocycles. The standard InChI is InChI=1S/C13H11BrN4S/c1-8-15-5-4-10(17-8)7-16-13-18-11-6-9(14)2-3-12(11)19-13/h2-6H,7H2,1H3,(H,16,18). The van der Waals surface area contributed by atoms with Crippen molar-refractivity contribution in [3.8, 4) is 0 Å². The maximum atomic E-state index is 4.55. The number of aryl methyl sites for hydroxylation is 1. The van der Waals surface area contributed by atoms with Crippen molar-refractivity contribution in [3.05, 3.63) is 46.5 Å². The third-order valence-corrected chi connectivity index (χ3v) is 4.09. The molecule has 0 unspecified atom stereocenters. The molecule has 0 aliphatic carbocycles. The zero-order valence-electron chi connectivity index (χ0n) is 10.2. The molecular formula is C13H11BrN4S. The lowest BCUT2D eigenvalue weighted by Gasteiger charge is -2.01. The lowest BCUT2D eigenvalue weighted by Crippen LogP contribution is -2.02. The van der Waals surface area contributed by atoms with Crippen LogP contribution in [0.15, 0.2) is 34.9 Å². The summed E-state index contributed by atoms with van der Waals surface area (Å²) in [5.74, 6) is 0.785. The van der Waals surface area contributed by atoms with Gasteiger partial charge in [0.2, 0.25) is 0 Å². The normalized spacial score (nSPS) is 10.8. The van der Waals surface area contributed by atoms with E-state index in [2.05, 4.69) is 42.3 Å². The fourth-order valence-electron chi connectivity index (χ4n) is 1.75. The minimum Gasteiger partial charge on any atom is -0.356 e. The molecule has 0 atom stereocenters. The second-order valence-electron chi connectivity index (χ2n) is 4.08. The molecule has 6 heteroatoms. The third-order valence-electron chi connectivity index (χ3n) is 2.60. The van der Waals surface area contributed by atoms with E-state index >= 15 is 0 Å². The molecule has 0 radical (unpaired) electrons. The second-order valence-corrected chi connectivity index (χ2v) is 6.03. The van der Waals surface area contributed by atoms with Gasteiger partial charge in [0.25, 0.3) is 0 Å². The van der Waals surface area contributed by atoms with E-state index < -0.39 is 0 Å². The van der Waals surface area contributed by atoms with Gasteiger partial charge in [-0.1, -0.05) is 27.3 Å². The van der Waals surface area contributed by atoms with Gasteiger partial charge in [-0.15, -0.1) is 0 Å². The Morgan fingerprint density at radius 1 is 1.26 bits per heavy atom. The lowest BCUT2D eigenvalue weighted by atomic mass is 10.3. The molecule has 3 aromatic rings. The lowest BCUT2D eigenvalue weighted by molar-refractivity contribution is 0.954. The molecular weight excluding hydrogens is 324 g/mol. The highest BCUT2D eigenvalue weighted by atomic mass is 79.9. The van der Waals surface area contributed by atoms with E-state index in [4.69, 9.17) is 0 Å². The molecule has 1 N–H and O–H groups in total. The number of nitrogens with zero attached hydrogens (tertiary/aromatic N) is 3. The van der Waals surface area contributed by atoms with Crippen molar-refractivity contribution in [2.24, 2.45) is 0 Å². The van der Waals surface area contributed by atoms with Crippen LogP contribution in [0.5, 0.6) is 0 Å². The van der Waals surface area contributed by atoms with E-state index in [1.165, 1.54) is 4.70 Å². The van der Waals surface area contributed by atoms with Crippen LogP contribution in [0.1, 0.15) is 11.5 Å². The van der Waals surface area contributed by atoms with E-state index in [9.17, 15) is 0 Å². The van der Waals surface area contributed by atoms with Gasteiger partial charge >= 0.3 is 0 Å². The van der Waals surface area contributed by atoms with E-state index in [1.54, 1.807) is 17.5 Å². The molecule has 0 saturated carbocycles. The molecule has 0 bridgehead atoms. The Bertz CT molecular complexity index is 725. The topological polar surface area (TPSA) is 50.7 Å². The Morgan fingerprint density at radius 3 is 3.00 bits per heavy atom. The monoisotopic (exact) mass is 334 g/mol. The second kappa shape index (κ2) is 5.22. The van der Waals surface area contributed by atoms with Gasteiger partial charge in [0.15, 0.2) is 5.13 Å². The van der Waals surface area contributed by atoms with Crippen molar-refractivity contribution in [3.63, 3.8) is 0 Å². The molecule has 0 saturated heterocycles. The van der Waals surface area contributed by atoms with Gasteiger partial charge in [-0.3, -0.25) is 0 Å². The molecule has 0 amide bonds. The number of fused-ring (bicyclic) bond motifs is 1. The first-order valence-corrected chi connectivity index (χ1v) is 7.40. The summed E-state index contributed by atoms with van der Waals surface area (Å²) >= 11 is 5.10. The Kier molecular flexibility index (Phi) is 3.44. The molecule has 96 valence electrons. The van der Waals surface area contributed by atoms with Gasteiger partial charge in [-0.05, 0) is 31.2 Å². The quantitative estimate of drug-likeness (QED) is 0.792. The summed E-state index contributed by atoms with van der Waals surface area (Å²) in [6, 6.07) is 8.02. The summed E-state index contributed by atoms with van der Waals surface area (Å²) in [4.78, 5) is 13.0. The summed E-state index contributed by atoms with van der Waals surface area (Å²) in [7, 11) is 0. The van der Waals surface area contributed by atoms with Crippen LogP contribution in [-0.2, 0) is 6.54 Å². The number of halogens is 1. The highest BCUT2D eigenvalue weighted by Gasteiger charge is 2.04. The van der Waals surface area contributed by atoms with E-state index in [1.807, 2.05) is 25.1 Å². The van der Waals surface area contributed by atoms with Gasteiger partial charge in [-0.2, -0.15) is 0 Å². The third kappa shape index (κ3) is 2.90. The van der Waals surface area contributed by atoms with E-state index in [-0.39, 0.29) is 0 Å². The zero-order valence-corrected chi connectivity index (χ0v) is 12.6. The molecule has 0 fully saturated rings. The van der Waals surface area contributed by atoms with Crippen molar-refractivity contribution in [1.29, 1.82) is 0 Å². The molecule has 0 aliphatic rings. The summed E-state index contributed by atoms with van der Waals surface area (Å²) in [6.07, 6.45) is 1.77. The largest absolute Gasteiger partial charge is 0.356 e. The van der Waals surface area contributed by atoms with Crippen molar-refractivity contribution < 1.29 is 0 Å². The maximum Gasteiger partial charge on any atom is 0.184 e. The van der Waals surface area contributed by atoms with Crippen LogP contribution in [0.4, 0.5) is 5.13 Å². The minimum absolute atomic E-state index is 0.657. The first-order chi connectivity index (χ1) is 9.20. The summed E-state index contributed by atoms with van der Waals surface area (Å²) in [5, 5.41) is 4.21. The fraction of sp³-hybridized carbons (Fsp3) is 0.154. The van der Waals surface area contributed by atoms with Crippen molar-refractivity contribution in [1.82, 2.24) is 15.0 Å². The number of rotatable bonds is 3. The van der Waals surface area contributed by atoms with Crippen molar-refractivity contribution >= 4 is 42.6 Å². The van der Waals surface area contributed by atoms with Crippen LogP contribution < -0.4 is 5.32 Å². The van der Waals surface area contributed by atoms with Crippen LogP contribution in [0.2, 0.25) is 0 Å². The number of hydrogen-bond acceptors (Lipinski definition) is 5. The summed E-state index contributed by atoms with van der Waals surface area (Å²) in [6.45, 7) is 2.54. The Hall–Kier alpha value is -1.53. The molecule has 19 heavy (non-hydrogen) atoms. The van der Waals surface area contributed by atoms with Crippen LogP contribution >= 0.6 is 27.3 Å². The highest BCUT2D eigenvalue weighted by Crippen LogP contribution is 2.28. The molecule has 4 nitrogen and oxygen atoms in total. The van der Waals surface area contributed by atoms with Gasteiger partial charge in [0.05, 0.1) is 22.5 Å². The molecule has 2 heterocycles. The number of thiazole rings is 1. The first kappa shape index (κ1) is 12.5. The molecule has 1 aromatic carbocycles. The number of nitrogens with one attached hydrogen (secondary N) is 1. The van der Waals surface area contributed by atoms with Gasteiger partial charge in [0.1, 0.15) is 5.82 Å². The number of hydrogen-bond donors (Lipinski definition) is 1. The molecule has 3 rings (SSSR count). The Balaban J connectivity index is 1.78. The Labute approximate surface area is 123 Å². The van der Waals surface area contributed by atoms with Crippen LogP contribution in [-0.4, -0.2) is 15.0 Å². The molecule has 0 spiro atoms. The van der Waals surface area contributed by atoms with Gasteiger partial charge in [0, 0.05) is 10.7 Å². The summed E-state index contributed by atoms with van der Waals surface area (Å²) < 4.78 is 2.22. The summed E-state index contributed by atoms with van der Waals surface area (Å²) in [5.41, 5.74) is 1.97. The predicted molar refractivity (Wildman–Crippen MR) is 81.4 cm³/mol. The van der Waals surface area contributed by atoms with Crippen molar-refractivity contribution in [2.75, 3.05) is 5.32 Å². The van der Waals surface area contributed by atoms with Gasteiger partial charge in [-0.25, -0.2) is 15.0 Å². The van der Waals surface area contributed by atoms with E-state index in [0.717, 1.165) is 26.6 Å². The minimum atomic E-state index is 0.657. The SMILES string of the molecule is Cc1nccc(CNc2nc3cc(Br)ccc3s2)n1. The zero-order chi connectivity index (χ0) is 13.2. The predicted octanol–water partition coefficient (Wildman–Crippen LogP) is 3.77. The average molecular weight is 335 g/mol. The van der Waals surface area contributed by atoms with E-state index in [0.29, 0.717) is 6.54 Å². The Morgan fingerprint density at radius 2 is 2.16 bits per heavy atom. The van der Waals surface area contributed by atoms with Crippen molar-refractivity contribution in [2.45, 2.75) is 13.5 Å². The van der Waals surface area contributed by atoms with Crippen LogP contribution in [0.3, 0.4) is 0 Å². The van der Waals surface area contributed by atoms with Gasteiger partial charge < -0.3 is 5.32 Å². The van der Waals surface area contributed by atoms with Crippen LogP contribution in [0.25, 0.3) is 10.2 Å². The fourth-order valence-corrected chi connectivity index (χ4v) is 2.94. The number of benzene rings is 1. The highest BCUT2D eigenvalue weighted by molar-refractivity contribution is 9.10. The molecule has 2 aromatic heterocycles. The maximum absolute atomic E-state index is 4.55. The number of anilines is 1.